The van der Waals surface area contributed by atoms with E-state index in [4.69, 9.17) is 4.74 Å². The van der Waals surface area contributed by atoms with Crippen LogP contribution in [0.15, 0.2) is 48.5 Å². The number of rotatable bonds is 5. The van der Waals surface area contributed by atoms with Gasteiger partial charge in [-0.3, -0.25) is 10.1 Å². The molecule has 2 aliphatic rings. The van der Waals surface area contributed by atoms with Gasteiger partial charge < -0.3 is 15.4 Å². The number of carbonyl (C=O) groups is 2. The van der Waals surface area contributed by atoms with Crippen molar-refractivity contribution in [2.45, 2.75) is 42.9 Å². The molecule has 6 nitrogen and oxygen atoms in total. The summed E-state index contributed by atoms with van der Waals surface area (Å²) in [4.78, 5) is 24.2. The molecule has 3 atom stereocenters. The average Bonchev–Trinajstić information content (AvgIpc) is 3.30. The van der Waals surface area contributed by atoms with E-state index in [1.54, 1.807) is 30.3 Å². The van der Waals surface area contributed by atoms with Gasteiger partial charge in [0, 0.05) is 13.0 Å². The lowest BCUT2D eigenvalue weighted by Crippen LogP contribution is -2.48. The Balaban J connectivity index is 1.63. The first-order chi connectivity index (χ1) is 16.2. The van der Waals surface area contributed by atoms with Gasteiger partial charge in [-0.1, -0.05) is 30.3 Å². The van der Waals surface area contributed by atoms with Crippen molar-refractivity contribution >= 4 is 11.9 Å². The van der Waals surface area contributed by atoms with Crippen LogP contribution in [0.3, 0.4) is 0 Å². The van der Waals surface area contributed by atoms with Crippen molar-refractivity contribution in [3.8, 4) is 0 Å². The molecule has 3 N–H and O–H groups in total. The summed E-state index contributed by atoms with van der Waals surface area (Å²) >= 11 is 0. The molecule has 0 aliphatic carbocycles. The number of nitrogens with one attached hydrogen (secondary N) is 3. The highest BCUT2D eigenvalue weighted by Crippen LogP contribution is 2.41. The third kappa shape index (κ3) is 4.85. The predicted molar refractivity (Wildman–Crippen MR) is 111 cm³/mol. The van der Waals surface area contributed by atoms with Crippen molar-refractivity contribution in [2.75, 3.05) is 13.2 Å². The van der Waals surface area contributed by atoms with Crippen molar-refractivity contribution < 1.29 is 40.7 Å². The lowest BCUT2D eigenvalue weighted by atomic mass is 9.83. The number of hydrogen-bond donors (Lipinski definition) is 3. The molecular weight excluding hydrogens is 480 g/mol. The second kappa shape index (κ2) is 8.52. The summed E-state index contributed by atoms with van der Waals surface area (Å²) in [6, 6.07) is 9.40. The van der Waals surface area contributed by atoms with E-state index >= 15 is 0 Å². The summed E-state index contributed by atoms with van der Waals surface area (Å²) in [6.07, 6.45) is -11.0. The molecule has 12 heteroatoms. The zero-order chi connectivity index (χ0) is 25.6. The molecule has 0 bridgehead atoms. The minimum Gasteiger partial charge on any atom is -0.372 e. The van der Waals surface area contributed by atoms with Gasteiger partial charge in [0.05, 0.1) is 29.4 Å². The molecule has 2 saturated heterocycles. The van der Waals surface area contributed by atoms with Crippen LogP contribution in [0.2, 0.25) is 0 Å². The third-order valence-electron chi connectivity index (χ3n) is 6.33. The topological polar surface area (TPSA) is 79.5 Å². The summed E-state index contributed by atoms with van der Waals surface area (Å²) < 4.78 is 85.4. The van der Waals surface area contributed by atoms with Crippen LogP contribution in [0.25, 0.3) is 0 Å². The molecule has 2 fully saturated rings. The normalized spacial score (nSPS) is 25.6. The zero-order valence-electron chi connectivity index (χ0n) is 18.3. The van der Waals surface area contributed by atoms with Gasteiger partial charge in [0.15, 0.2) is 0 Å². The fraction of sp³-hybridized carbons (Fsp3) is 0.391. The number of amides is 3. The van der Waals surface area contributed by atoms with Crippen LogP contribution in [0, 0.1) is 0 Å². The minimum atomic E-state index is -4.98. The van der Waals surface area contributed by atoms with E-state index in [1.807, 2.05) is 0 Å². The van der Waals surface area contributed by atoms with Crippen LogP contribution < -0.4 is 16.0 Å². The largest absolute Gasteiger partial charge is 0.416 e. The monoisotopic (exact) mass is 501 g/mol. The van der Waals surface area contributed by atoms with E-state index in [9.17, 15) is 35.9 Å². The van der Waals surface area contributed by atoms with Gasteiger partial charge in [-0.05, 0) is 36.2 Å². The van der Waals surface area contributed by atoms with Crippen molar-refractivity contribution in [3.63, 3.8) is 0 Å². The van der Waals surface area contributed by atoms with Crippen LogP contribution in [0.4, 0.5) is 31.1 Å². The minimum absolute atomic E-state index is 0.0546. The zero-order valence-corrected chi connectivity index (χ0v) is 18.3. The van der Waals surface area contributed by atoms with Gasteiger partial charge >= 0.3 is 18.4 Å². The van der Waals surface area contributed by atoms with E-state index in [2.05, 4.69) is 16.0 Å². The highest BCUT2D eigenvalue weighted by molar-refractivity contribution is 6.07. The summed E-state index contributed by atoms with van der Waals surface area (Å²) in [5.41, 5.74) is -4.79. The van der Waals surface area contributed by atoms with Gasteiger partial charge in [-0.25, -0.2) is 4.79 Å². The van der Waals surface area contributed by atoms with Crippen LogP contribution in [-0.4, -0.2) is 30.6 Å². The van der Waals surface area contributed by atoms with Crippen LogP contribution in [0.1, 0.15) is 41.7 Å². The van der Waals surface area contributed by atoms with Gasteiger partial charge in [0.25, 0.3) is 5.91 Å². The molecule has 0 aromatic heterocycles. The average molecular weight is 501 g/mol. The van der Waals surface area contributed by atoms with E-state index < -0.39 is 52.6 Å². The summed E-state index contributed by atoms with van der Waals surface area (Å²) in [5, 5.41) is 7.98. The Morgan fingerprint density at radius 3 is 2.09 bits per heavy atom. The quantitative estimate of drug-likeness (QED) is 0.423. The maximum atomic E-state index is 13.3. The van der Waals surface area contributed by atoms with Gasteiger partial charge in [-0.15, -0.1) is 0 Å². The highest BCUT2D eigenvalue weighted by atomic mass is 19.4. The molecule has 2 aromatic carbocycles. The number of hydrogen-bond acceptors (Lipinski definition) is 4. The van der Waals surface area contributed by atoms with E-state index in [0.29, 0.717) is 17.7 Å². The molecule has 1 spiro atoms. The summed E-state index contributed by atoms with van der Waals surface area (Å²) in [7, 11) is 0. The van der Waals surface area contributed by atoms with Gasteiger partial charge in [-0.2, -0.15) is 26.3 Å². The number of alkyl halides is 6. The molecule has 188 valence electrons. The van der Waals surface area contributed by atoms with Crippen molar-refractivity contribution in [1.82, 2.24) is 16.0 Å². The van der Waals surface area contributed by atoms with Crippen LogP contribution in [0.5, 0.6) is 0 Å². The number of carbonyl (C=O) groups excluding carboxylic acids is 2. The lowest BCUT2D eigenvalue weighted by Gasteiger charge is -2.32. The Hall–Kier alpha value is -3.12. The molecule has 3 amide bonds. The van der Waals surface area contributed by atoms with E-state index in [0.717, 1.165) is 0 Å². The molecule has 0 saturated carbocycles. The molecule has 4 rings (SSSR count). The Bertz CT molecular complexity index is 1110. The number of ether oxygens (including phenoxy) is 1. The van der Waals surface area contributed by atoms with Gasteiger partial charge in [0.2, 0.25) is 0 Å². The Labute approximate surface area is 196 Å². The number of benzene rings is 2. The van der Waals surface area contributed by atoms with Crippen molar-refractivity contribution in [1.29, 1.82) is 0 Å². The fourth-order valence-electron chi connectivity index (χ4n) is 4.46. The number of halogens is 6. The number of imide groups is 1. The lowest BCUT2D eigenvalue weighted by molar-refractivity contribution is -0.143. The summed E-state index contributed by atoms with van der Waals surface area (Å²) in [5.74, 6) is -0.534. The van der Waals surface area contributed by atoms with E-state index in [-0.39, 0.29) is 31.2 Å². The Morgan fingerprint density at radius 1 is 0.971 bits per heavy atom. The first-order valence-electron chi connectivity index (χ1n) is 10.6. The first kappa shape index (κ1) is 25.0. The van der Waals surface area contributed by atoms with Crippen molar-refractivity contribution in [3.05, 3.63) is 70.8 Å². The molecule has 2 heterocycles. The van der Waals surface area contributed by atoms with E-state index in [1.165, 1.54) is 6.92 Å². The molecular formula is C23H21F6N3O3. The predicted octanol–water partition coefficient (Wildman–Crippen LogP) is 4.27. The molecule has 3 unspecified atom stereocenters. The molecule has 0 radical (unpaired) electrons. The maximum Gasteiger partial charge on any atom is 0.416 e. The van der Waals surface area contributed by atoms with Crippen LogP contribution in [-0.2, 0) is 27.4 Å². The van der Waals surface area contributed by atoms with Crippen molar-refractivity contribution in [2.24, 2.45) is 0 Å². The van der Waals surface area contributed by atoms with Gasteiger partial charge in [0.1, 0.15) is 5.54 Å². The fourth-order valence-corrected chi connectivity index (χ4v) is 4.46. The molecule has 2 aromatic rings. The maximum absolute atomic E-state index is 13.3. The Morgan fingerprint density at radius 2 is 1.57 bits per heavy atom. The smallest absolute Gasteiger partial charge is 0.372 e. The SMILES string of the molecule is CC(OCC1(c2ccccc2)CC2(CN1)NC(=O)NC2=O)c1cc(C(F)(F)F)cc(C(F)(F)F)c1. The summed E-state index contributed by atoms with van der Waals surface area (Å²) in [6.45, 7) is 1.21. The third-order valence-corrected chi connectivity index (χ3v) is 6.33. The second-order valence-corrected chi connectivity index (χ2v) is 8.76. The standard InChI is InChI=1S/C23H21F6N3O3/c1-13(14-7-16(22(24,25)26)9-17(8-14)23(27,28)29)35-12-21(15-5-3-2-4-6-15)10-20(11-30-21)18(33)31-19(34)32-20/h2-9,13,30H,10-12H2,1H3,(H2,31,32,33,34). The molecule has 35 heavy (non-hydrogen) atoms. The number of urea groups is 1. The molecule has 2 aliphatic heterocycles. The highest BCUT2D eigenvalue weighted by Gasteiger charge is 2.57. The van der Waals surface area contributed by atoms with Crippen LogP contribution >= 0.6 is 0 Å². The Kier molecular flexibility index (Phi) is 6.08. The first-order valence-corrected chi connectivity index (χ1v) is 10.6. The second-order valence-electron chi connectivity index (χ2n) is 8.76.